The lowest BCUT2D eigenvalue weighted by Gasteiger charge is -2.11. The summed E-state index contributed by atoms with van der Waals surface area (Å²) in [6.45, 7) is 6.46. The molecule has 1 aromatic heterocycles. The Kier molecular flexibility index (Phi) is 9.55. The van der Waals surface area contributed by atoms with Gasteiger partial charge in [0, 0.05) is 26.5 Å². The first kappa shape index (κ1) is 22.5. The molecule has 0 aliphatic rings. The third-order valence-corrected chi connectivity index (χ3v) is 5.67. The van der Waals surface area contributed by atoms with Gasteiger partial charge in [-0.25, -0.2) is 9.97 Å². The Morgan fingerprint density at radius 2 is 1.21 bits per heavy atom. The summed E-state index contributed by atoms with van der Waals surface area (Å²) in [6, 6.07) is 17.2. The van der Waals surface area contributed by atoms with Crippen molar-refractivity contribution >= 4 is 23.5 Å². The van der Waals surface area contributed by atoms with E-state index in [0.29, 0.717) is 0 Å². The molecule has 0 saturated heterocycles. The summed E-state index contributed by atoms with van der Waals surface area (Å²) in [7, 11) is 3.75. The van der Waals surface area contributed by atoms with Gasteiger partial charge in [-0.15, -0.1) is 23.5 Å². The second-order valence-electron chi connectivity index (χ2n) is 6.12. The molecule has 0 fully saturated rings. The van der Waals surface area contributed by atoms with E-state index in [2.05, 4.69) is 84.6 Å². The predicted molar refractivity (Wildman–Crippen MR) is 125 cm³/mol. The van der Waals surface area contributed by atoms with Gasteiger partial charge in [0.05, 0.1) is 11.4 Å². The van der Waals surface area contributed by atoms with Crippen molar-refractivity contribution in [3.8, 4) is 22.5 Å². The highest BCUT2D eigenvalue weighted by atomic mass is 32.2. The second-order valence-corrected chi connectivity index (χ2v) is 8.79. The van der Waals surface area contributed by atoms with E-state index >= 15 is 0 Å². The van der Waals surface area contributed by atoms with E-state index < -0.39 is 0 Å². The Bertz CT molecular complexity index is 813. The molecule has 2 aromatic carbocycles. The lowest BCUT2D eigenvalue weighted by molar-refractivity contribution is 1.02. The van der Waals surface area contributed by atoms with Gasteiger partial charge in [-0.2, -0.15) is 0 Å². The smallest absolute Gasteiger partial charge is 0.116 e. The molecule has 0 unspecified atom stereocenters. The fourth-order valence-corrected chi connectivity index (χ4v) is 4.27. The summed E-state index contributed by atoms with van der Waals surface area (Å²) in [5.41, 5.74) is 5.45. The number of thioether (sulfide) groups is 2. The molecule has 0 radical (unpaired) electrons. The molecule has 0 aliphatic carbocycles. The molecule has 1 N–H and O–H groups in total. The maximum atomic E-state index is 4.57. The molecule has 5 heteroatoms. The highest BCUT2D eigenvalue weighted by molar-refractivity contribution is 7.99. The van der Waals surface area contributed by atoms with Crippen LogP contribution in [0.25, 0.3) is 22.5 Å². The summed E-state index contributed by atoms with van der Waals surface area (Å²) < 4.78 is 0. The molecule has 3 nitrogen and oxygen atoms in total. The molecule has 0 amide bonds. The normalized spacial score (nSPS) is 10.3. The van der Waals surface area contributed by atoms with E-state index in [0.717, 1.165) is 39.6 Å². The van der Waals surface area contributed by atoms with Crippen LogP contribution in [0.2, 0.25) is 0 Å². The van der Waals surface area contributed by atoms with Crippen molar-refractivity contribution in [1.82, 2.24) is 15.3 Å². The lowest BCUT2D eigenvalue weighted by atomic mass is 10.0. The van der Waals surface area contributed by atoms with Crippen molar-refractivity contribution in [2.45, 2.75) is 30.6 Å². The topological polar surface area (TPSA) is 37.8 Å². The lowest BCUT2D eigenvalue weighted by Crippen LogP contribution is -1.96. The number of benzene rings is 2. The van der Waals surface area contributed by atoms with E-state index in [-0.39, 0.29) is 0 Å². The first-order valence-corrected chi connectivity index (χ1v) is 11.5. The van der Waals surface area contributed by atoms with Crippen LogP contribution in [0.1, 0.15) is 19.4 Å². The van der Waals surface area contributed by atoms with Crippen LogP contribution in [-0.4, -0.2) is 35.6 Å². The fraction of sp³-hybridized carbons (Fsp3) is 0.304. The minimum absolute atomic E-state index is 1.01. The molecule has 1 heterocycles. The molecular formula is C23H29N3S2. The average molecular weight is 412 g/mol. The molecule has 148 valence electrons. The van der Waals surface area contributed by atoms with Crippen LogP contribution in [0, 0.1) is 6.92 Å². The molecule has 3 rings (SSSR count). The number of hydrogen-bond acceptors (Lipinski definition) is 5. The zero-order valence-electron chi connectivity index (χ0n) is 17.3. The van der Waals surface area contributed by atoms with Gasteiger partial charge in [0.15, 0.2) is 0 Å². The minimum Gasteiger partial charge on any atom is -0.323 e. The van der Waals surface area contributed by atoms with Crippen LogP contribution in [0.5, 0.6) is 0 Å². The predicted octanol–water partition coefficient (Wildman–Crippen LogP) is 6.18. The number of nitrogens with zero attached hydrogens (tertiary/aromatic N) is 2. The summed E-state index contributed by atoms with van der Waals surface area (Å²) in [6.07, 6.45) is 1.68. The van der Waals surface area contributed by atoms with Crippen molar-refractivity contribution in [1.29, 1.82) is 0 Å². The standard InChI is InChI=1S/C21H22N2S2.C2H7N/c1-4-24-18-10-6-8-16(12-18)20-15(3)21(23-14-22-20)17-9-7-11-19(13-17)25-5-2;1-3-2/h6-14H,4-5H2,1-3H3;3H,1-2H3. The first-order chi connectivity index (χ1) is 13.6. The maximum absolute atomic E-state index is 4.57. The molecule has 3 aromatic rings. The Morgan fingerprint density at radius 3 is 1.61 bits per heavy atom. The van der Waals surface area contributed by atoms with Crippen molar-refractivity contribution in [3.63, 3.8) is 0 Å². The third kappa shape index (κ3) is 6.09. The van der Waals surface area contributed by atoms with Crippen LogP contribution in [0.4, 0.5) is 0 Å². The van der Waals surface area contributed by atoms with Crippen molar-refractivity contribution in [2.24, 2.45) is 0 Å². The van der Waals surface area contributed by atoms with Crippen LogP contribution in [-0.2, 0) is 0 Å². The number of rotatable bonds is 6. The first-order valence-electron chi connectivity index (χ1n) is 9.51. The Morgan fingerprint density at radius 1 is 0.786 bits per heavy atom. The fourth-order valence-electron chi connectivity index (χ4n) is 2.83. The molecule has 0 atom stereocenters. The van der Waals surface area contributed by atoms with Crippen LogP contribution in [0.3, 0.4) is 0 Å². The van der Waals surface area contributed by atoms with Crippen molar-refractivity contribution in [3.05, 3.63) is 60.4 Å². The van der Waals surface area contributed by atoms with Gasteiger partial charge >= 0.3 is 0 Å². The van der Waals surface area contributed by atoms with E-state index in [9.17, 15) is 0 Å². The van der Waals surface area contributed by atoms with Gasteiger partial charge in [-0.1, -0.05) is 38.1 Å². The maximum Gasteiger partial charge on any atom is 0.116 e. The van der Waals surface area contributed by atoms with Gasteiger partial charge in [-0.3, -0.25) is 0 Å². The molecule has 0 aliphatic heterocycles. The Balaban J connectivity index is 0.000000878. The monoisotopic (exact) mass is 411 g/mol. The zero-order chi connectivity index (χ0) is 20.4. The number of nitrogens with one attached hydrogen (secondary N) is 1. The largest absolute Gasteiger partial charge is 0.323 e. The quantitative estimate of drug-likeness (QED) is 0.490. The molecule has 28 heavy (non-hydrogen) atoms. The molecule has 0 saturated carbocycles. The van der Waals surface area contributed by atoms with E-state index in [1.165, 1.54) is 9.79 Å². The van der Waals surface area contributed by atoms with Gasteiger partial charge in [0.1, 0.15) is 6.33 Å². The number of aromatic nitrogens is 2. The minimum atomic E-state index is 1.01. The van der Waals surface area contributed by atoms with Gasteiger partial charge < -0.3 is 5.32 Å². The summed E-state index contributed by atoms with van der Waals surface area (Å²) in [4.78, 5) is 11.7. The molecule has 0 spiro atoms. The summed E-state index contributed by atoms with van der Waals surface area (Å²) >= 11 is 3.70. The molecule has 0 bridgehead atoms. The molecular weight excluding hydrogens is 382 g/mol. The van der Waals surface area contributed by atoms with Crippen LogP contribution >= 0.6 is 23.5 Å². The SMILES string of the molecule is CCSc1cccc(-c2ncnc(-c3cccc(SCC)c3)c2C)c1.CNC. The van der Waals surface area contributed by atoms with Crippen LogP contribution < -0.4 is 5.32 Å². The Hall–Kier alpha value is -1.82. The van der Waals surface area contributed by atoms with Crippen molar-refractivity contribution < 1.29 is 0 Å². The van der Waals surface area contributed by atoms with Gasteiger partial charge in [0.2, 0.25) is 0 Å². The average Bonchev–Trinajstić information content (AvgIpc) is 2.70. The van der Waals surface area contributed by atoms with Gasteiger partial charge in [0.25, 0.3) is 0 Å². The summed E-state index contributed by atoms with van der Waals surface area (Å²) in [5, 5.41) is 2.75. The second kappa shape index (κ2) is 11.9. The Labute approximate surface area is 177 Å². The van der Waals surface area contributed by atoms with Crippen LogP contribution in [0.15, 0.2) is 64.6 Å². The summed E-state index contributed by atoms with van der Waals surface area (Å²) in [5.74, 6) is 2.14. The zero-order valence-corrected chi connectivity index (χ0v) is 19.0. The van der Waals surface area contributed by atoms with E-state index in [1.54, 1.807) is 6.33 Å². The third-order valence-electron chi connectivity index (χ3n) is 3.92. The van der Waals surface area contributed by atoms with E-state index in [4.69, 9.17) is 0 Å². The van der Waals surface area contributed by atoms with Gasteiger partial charge in [-0.05, 0) is 56.8 Å². The highest BCUT2D eigenvalue weighted by Crippen LogP contribution is 2.32. The van der Waals surface area contributed by atoms with Crippen molar-refractivity contribution in [2.75, 3.05) is 25.6 Å². The van der Waals surface area contributed by atoms with E-state index in [1.807, 2.05) is 37.6 Å². The number of hydrogen-bond donors (Lipinski definition) is 1. The highest BCUT2D eigenvalue weighted by Gasteiger charge is 2.12.